The summed E-state index contributed by atoms with van der Waals surface area (Å²) in [5.74, 6) is -0.292. The molecular formula is C16H24N2O2. The molecule has 20 heavy (non-hydrogen) atoms. The first-order chi connectivity index (χ1) is 9.44. The van der Waals surface area contributed by atoms with E-state index in [0.29, 0.717) is 23.3 Å². The standard InChI is InChI=1S/C16H24N2O2/c1-4-20-15(19)12-6-5-7-13(17)14(12)18-10-8-16(2,3)9-11-18/h5-7H,4,8-11,17H2,1-3H3. The molecule has 1 aromatic rings. The molecule has 1 aliphatic rings. The number of carbonyl (C=O) groups excluding carboxylic acids is 1. The molecule has 1 fully saturated rings. The Kier molecular flexibility index (Phi) is 4.21. The summed E-state index contributed by atoms with van der Waals surface area (Å²) in [6, 6.07) is 5.44. The van der Waals surface area contributed by atoms with E-state index in [0.717, 1.165) is 31.6 Å². The summed E-state index contributed by atoms with van der Waals surface area (Å²) in [5, 5.41) is 0. The predicted octanol–water partition coefficient (Wildman–Crippen LogP) is 3.07. The number of rotatable bonds is 3. The summed E-state index contributed by atoms with van der Waals surface area (Å²) < 4.78 is 5.13. The van der Waals surface area contributed by atoms with Crippen molar-refractivity contribution in [2.45, 2.75) is 33.6 Å². The minimum absolute atomic E-state index is 0.292. The van der Waals surface area contributed by atoms with Crippen LogP contribution in [0.25, 0.3) is 0 Å². The maximum atomic E-state index is 12.1. The molecule has 110 valence electrons. The van der Waals surface area contributed by atoms with Gasteiger partial charge in [0.1, 0.15) is 0 Å². The molecule has 4 nitrogen and oxygen atoms in total. The van der Waals surface area contributed by atoms with Crippen LogP contribution in [0, 0.1) is 5.41 Å². The Morgan fingerprint density at radius 2 is 2.00 bits per heavy atom. The molecule has 0 spiro atoms. The average Bonchev–Trinajstić information content (AvgIpc) is 2.39. The van der Waals surface area contributed by atoms with Crippen LogP contribution in [0.4, 0.5) is 11.4 Å². The number of piperidine rings is 1. The molecule has 0 radical (unpaired) electrons. The van der Waals surface area contributed by atoms with Gasteiger partial charge in [-0.3, -0.25) is 0 Å². The van der Waals surface area contributed by atoms with Crippen molar-refractivity contribution < 1.29 is 9.53 Å². The van der Waals surface area contributed by atoms with Crippen molar-refractivity contribution in [2.24, 2.45) is 5.41 Å². The molecule has 0 aliphatic carbocycles. The SMILES string of the molecule is CCOC(=O)c1cccc(N)c1N1CCC(C)(C)CC1. The van der Waals surface area contributed by atoms with Gasteiger partial charge in [0, 0.05) is 13.1 Å². The van der Waals surface area contributed by atoms with Gasteiger partial charge in [-0.1, -0.05) is 19.9 Å². The van der Waals surface area contributed by atoms with Crippen molar-refractivity contribution in [3.8, 4) is 0 Å². The Balaban J connectivity index is 2.29. The van der Waals surface area contributed by atoms with Gasteiger partial charge in [-0.25, -0.2) is 4.79 Å². The lowest BCUT2D eigenvalue weighted by molar-refractivity contribution is 0.0527. The van der Waals surface area contributed by atoms with Crippen molar-refractivity contribution in [1.29, 1.82) is 0 Å². The molecular weight excluding hydrogens is 252 g/mol. The second kappa shape index (κ2) is 5.73. The van der Waals surface area contributed by atoms with Gasteiger partial charge in [-0.15, -0.1) is 0 Å². The Bertz CT molecular complexity index is 487. The lowest BCUT2D eigenvalue weighted by atomic mass is 9.82. The van der Waals surface area contributed by atoms with Crippen LogP contribution >= 0.6 is 0 Å². The van der Waals surface area contributed by atoms with Crippen LogP contribution in [0.2, 0.25) is 0 Å². The highest BCUT2D eigenvalue weighted by atomic mass is 16.5. The zero-order valence-corrected chi connectivity index (χ0v) is 12.6. The second-order valence-corrected chi connectivity index (χ2v) is 6.12. The highest BCUT2D eigenvalue weighted by Gasteiger charge is 2.28. The molecule has 1 heterocycles. The summed E-state index contributed by atoms with van der Waals surface area (Å²) in [7, 11) is 0. The molecule has 0 saturated carbocycles. The Hall–Kier alpha value is -1.71. The lowest BCUT2D eigenvalue weighted by Gasteiger charge is -2.39. The van der Waals surface area contributed by atoms with Crippen LogP contribution in [-0.2, 0) is 4.74 Å². The van der Waals surface area contributed by atoms with Crippen LogP contribution in [0.15, 0.2) is 18.2 Å². The molecule has 0 amide bonds. The van der Waals surface area contributed by atoms with Crippen LogP contribution < -0.4 is 10.6 Å². The topological polar surface area (TPSA) is 55.6 Å². The minimum Gasteiger partial charge on any atom is -0.462 e. The third-order valence-electron chi connectivity index (χ3n) is 4.00. The van der Waals surface area contributed by atoms with E-state index in [-0.39, 0.29) is 5.97 Å². The van der Waals surface area contributed by atoms with E-state index < -0.39 is 0 Å². The monoisotopic (exact) mass is 276 g/mol. The molecule has 0 aromatic heterocycles. The Morgan fingerprint density at radius 3 is 2.60 bits per heavy atom. The number of nitrogens with two attached hydrogens (primary N) is 1. The van der Waals surface area contributed by atoms with Gasteiger partial charge in [0.25, 0.3) is 0 Å². The van der Waals surface area contributed by atoms with Crippen LogP contribution in [0.3, 0.4) is 0 Å². The Morgan fingerprint density at radius 1 is 1.35 bits per heavy atom. The maximum Gasteiger partial charge on any atom is 0.340 e. The highest BCUT2D eigenvalue weighted by Crippen LogP contribution is 2.36. The van der Waals surface area contributed by atoms with Crippen LogP contribution in [0.5, 0.6) is 0 Å². The third-order valence-corrected chi connectivity index (χ3v) is 4.00. The first-order valence-electron chi connectivity index (χ1n) is 7.25. The minimum atomic E-state index is -0.292. The van der Waals surface area contributed by atoms with E-state index in [1.54, 1.807) is 12.1 Å². The van der Waals surface area contributed by atoms with Gasteiger partial charge in [0.05, 0.1) is 23.5 Å². The number of carbonyl (C=O) groups is 1. The molecule has 0 atom stereocenters. The quantitative estimate of drug-likeness (QED) is 0.681. The number of nitrogen functional groups attached to an aromatic ring is 1. The van der Waals surface area contributed by atoms with Crippen molar-refractivity contribution in [2.75, 3.05) is 30.3 Å². The Labute approximate surface area is 120 Å². The number of ether oxygens (including phenoxy) is 1. The molecule has 1 saturated heterocycles. The van der Waals surface area contributed by atoms with E-state index in [1.807, 2.05) is 13.0 Å². The number of nitrogens with zero attached hydrogens (tertiary/aromatic N) is 1. The molecule has 1 aromatic carbocycles. The fourth-order valence-electron chi connectivity index (χ4n) is 2.62. The van der Waals surface area contributed by atoms with Crippen LogP contribution in [0.1, 0.15) is 44.0 Å². The molecule has 0 bridgehead atoms. The van der Waals surface area contributed by atoms with Gasteiger partial charge >= 0.3 is 5.97 Å². The predicted molar refractivity (Wildman–Crippen MR) is 82.0 cm³/mol. The van der Waals surface area contributed by atoms with Gasteiger partial charge in [0.15, 0.2) is 0 Å². The number of esters is 1. The summed E-state index contributed by atoms with van der Waals surface area (Å²) >= 11 is 0. The lowest BCUT2D eigenvalue weighted by Crippen LogP contribution is -2.38. The molecule has 4 heteroatoms. The molecule has 2 rings (SSSR count). The van der Waals surface area contributed by atoms with Crippen molar-refractivity contribution in [3.05, 3.63) is 23.8 Å². The maximum absolute atomic E-state index is 12.1. The van der Waals surface area contributed by atoms with E-state index in [4.69, 9.17) is 10.5 Å². The molecule has 2 N–H and O–H groups in total. The van der Waals surface area contributed by atoms with Crippen molar-refractivity contribution >= 4 is 17.3 Å². The fraction of sp³-hybridized carbons (Fsp3) is 0.562. The average molecular weight is 276 g/mol. The van der Waals surface area contributed by atoms with Gasteiger partial charge in [-0.05, 0) is 37.3 Å². The molecule has 1 aliphatic heterocycles. The summed E-state index contributed by atoms with van der Waals surface area (Å²) in [4.78, 5) is 14.3. The van der Waals surface area contributed by atoms with E-state index in [9.17, 15) is 4.79 Å². The van der Waals surface area contributed by atoms with E-state index >= 15 is 0 Å². The fourth-order valence-corrected chi connectivity index (χ4v) is 2.62. The molecule has 0 unspecified atom stereocenters. The van der Waals surface area contributed by atoms with Crippen molar-refractivity contribution in [3.63, 3.8) is 0 Å². The second-order valence-electron chi connectivity index (χ2n) is 6.12. The van der Waals surface area contributed by atoms with E-state index in [1.165, 1.54) is 0 Å². The number of benzene rings is 1. The largest absolute Gasteiger partial charge is 0.462 e. The zero-order valence-electron chi connectivity index (χ0n) is 12.6. The van der Waals surface area contributed by atoms with Gasteiger partial charge in [-0.2, -0.15) is 0 Å². The summed E-state index contributed by atoms with van der Waals surface area (Å²) in [5.41, 5.74) is 8.53. The van der Waals surface area contributed by atoms with E-state index in [2.05, 4.69) is 18.7 Å². The number of hydrogen-bond acceptors (Lipinski definition) is 4. The first-order valence-corrected chi connectivity index (χ1v) is 7.25. The van der Waals surface area contributed by atoms with Crippen LogP contribution in [-0.4, -0.2) is 25.7 Å². The highest BCUT2D eigenvalue weighted by molar-refractivity contribution is 5.99. The zero-order chi connectivity index (χ0) is 14.8. The normalized spacial score (nSPS) is 17.9. The summed E-state index contributed by atoms with van der Waals surface area (Å²) in [6.07, 6.45) is 2.20. The number of anilines is 2. The van der Waals surface area contributed by atoms with Gasteiger partial charge in [0.2, 0.25) is 0 Å². The first kappa shape index (κ1) is 14.7. The van der Waals surface area contributed by atoms with Crippen molar-refractivity contribution in [1.82, 2.24) is 0 Å². The summed E-state index contributed by atoms with van der Waals surface area (Å²) in [6.45, 7) is 8.60. The third kappa shape index (κ3) is 3.06. The van der Waals surface area contributed by atoms with Gasteiger partial charge < -0.3 is 15.4 Å². The number of hydrogen-bond donors (Lipinski definition) is 1. The smallest absolute Gasteiger partial charge is 0.340 e. The number of para-hydroxylation sites is 1.